The van der Waals surface area contributed by atoms with E-state index in [-0.39, 0.29) is 0 Å². The molecular weight excluding hydrogens is 123 g/mol. The minimum atomic E-state index is -0.687. The summed E-state index contributed by atoms with van der Waals surface area (Å²) in [5.41, 5.74) is 0. The molecular formula is C5H3FN2O. The number of hydrogen-bond donors (Lipinski definition) is 0. The van der Waals surface area contributed by atoms with Crippen molar-refractivity contribution in [1.29, 1.82) is 0 Å². The molecule has 0 N–H and O–H groups in total. The van der Waals surface area contributed by atoms with E-state index in [2.05, 4.69) is 10.2 Å². The summed E-state index contributed by atoms with van der Waals surface area (Å²) in [5, 5.41) is 2.33. The van der Waals surface area contributed by atoms with E-state index >= 15 is 0 Å². The van der Waals surface area contributed by atoms with Crippen molar-refractivity contribution < 1.29 is 4.39 Å². The molecule has 0 saturated heterocycles. The fraction of sp³-hybridized carbons (Fsp3) is 0. The van der Waals surface area contributed by atoms with Gasteiger partial charge in [-0.15, -0.1) is 4.91 Å². The average Bonchev–Trinajstić information content (AvgIpc) is 1.89. The quantitative estimate of drug-likeness (QED) is 0.536. The van der Waals surface area contributed by atoms with Gasteiger partial charge in [0.1, 0.15) is 0 Å². The van der Waals surface area contributed by atoms with E-state index in [1.165, 1.54) is 12.3 Å². The van der Waals surface area contributed by atoms with E-state index in [4.69, 9.17) is 0 Å². The monoisotopic (exact) mass is 126 g/mol. The van der Waals surface area contributed by atoms with Crippen molar-refractivity contribution in [3.8, 4) is 0 Å². The van der Waals surface area contributed by atoms with Gasteiger partial charge in [-0.2, -0.15) is 0 Å². The SMILES string of the molecule is O=Nc1ncccc1F. The first-order valence-corrected chi connectivity index (χ1v) is 2.28. The summed E-state index contributed by atoms with van der Waals surface area (Å²) >= 11 is 0. The summed E-state index contributed by atoms with van der Waals surface area (Å²) in [6, 6.07) is 2.52. The third-order valence-corrected chi connectivity index (χ3v) is 0.826. The summed E-state index contributed by atoms with van der Waals surface area (Å²) in [4.78, 5) is 13.0. The molecule has 0 radical (unpaired) electrons. The van der Waals surface area contributed by atoms with Crippen LogP contribution in [0.4, 0.5) is 10.2 Å². The lowest BCUT2D eigenvalue weighted by atomic mass is 10.4. The molecule has 0 saturated carbocycles. The van der Waals surface area contributed by atoms with Gasteiger partial charge in [0.2, 0.25) is 5.82 Å². The van der Waals surface area contributed by atoms with Gasteiger partial charge in [-0.05, 0) is 17.3 Å². The molecule has 0 aliphatic heterocycles. The maximum Gasteiger partial charge on any atom is 0.232 e. The van der Waals surface area contributed by atoms with Crippen LogP contribution in [-0.4, -0.2) is 4.98 Å². The van der Waals surface area contributed by atoms with Crippen LogP contribution in [0.3, 0.4) is 0 Å². The predicted molar refractivity (Wildman–Crippen MR) is 29.6 cm³/mol. The molecule has 0 unspecified atom stereocenters. The Morgan fingerprint density at radius 3 is 2.89 bits per heavy atom. The molecule has 0 aliphatic carbocycles. The van der Waals surface area contributed by atoms with Gasteiger partial charge < -0.3 is 0 Å². The first-order valence-electron chi connectivity index (χ1n) is 2.28. The minimum Gasteiger partial charge on any atom is -0.232 e. The largest absolute Gasteiger partial charge is 0.232 e. The van der Waals surface area contributed by atoms with Gasteiger partial charge in [0.05, 0.1) is 0 Å². The molecule has 0 amide bonds. The third-order valence-electron chi connectivity index (χ3n) is 0.826. The van der Waals surface area contributed by atoms with Crippen LogP contribution in [0.1, 0.15) is 0 Å². The Bertz CT molecular complexity index is 226. The summed E-state index contributed by atoms with van der Waals surface area (Å²) in [6.45, 7) is 0. The van der Waals surface area contributed by atoms with E-state index in [1.807, 2.05) is 0 Å². The number of halogens is 1. The number of hydrogen-bond acceptors (Lipinski definition) is 3. The summed E-state index contributed by atoms with van der Waals surface area (Å²) < 4.78 is 12.2. The van der Waals surface area contributed by atoms with Crippen molar-refractivity contribution in [1.82, 2.24) is 4.98 Å². The molecule has 0 aliphatic rings. The lowest BCUT2D eigenvalue weighted by Crippen LogP contribution is -1.76. The number of aromatic nitrogens is 1. The molecule has 1 aromatic heterocycles. The number of rotatable bonds is 1. The van der Waals surface area contributed by atoms with Crippen molar-refractivity contribution in [2.24, 2.45) is 5.18 Å². The van der Waals surface area contributed by atoms with E-state index in [0.717, 1.165) is 6.07 Å². The van der Waals surface area contributed by atoms with Crippen molar-refractivity contribution in [3.05, 3.63) is 29.1 Å². The molecule has 0 aromatic carbocycles. The summed E-state index contributed by atoms with van der Waals surface area (Å²) in [6.07, 6.45) is 1.31. The van der Waals surface area contributed by atoms with Gasteiger partial charge in [-0.3, -0.25) is 0 Å². The van der Waals surface area contributed by atoms with Crippen LogP contribution in [-0.2, 0) is 0 Å². The van der Waals surface area contributed by atoms with Crippen molar-refractivity contribution in [2.45, 2.75) is 0 Å². The zero-order chi connectivity index (χ0) is 6.69. The van der Waals surface area contributed by atoms with Crippen molar-refractivity contribution in [2.75, 3.05) is 0 Å². The molecule has 9 heavy (non-hydrogen) atoms. The first kappa shape index (κ1) is 5.81. The first-order chi connectivity index (χ1) is 4.34. The normalized spacial score (nSPS) is 9.00. The molecule has 0 bridgehead atoms. The maximum absolute atomic E-state index is 12.2. The van der Waals surface area contributed by atoms with Gasteiger partial charge in [-0.25, -0.2) is 9.37 Å². The van der Waals surface area contributed by atoms with Gasteiger partial charge in [-0.1, -0.05) is 0 Å². The summed E-state index contributed by atoms with van der Waals surface area (Å²) in [7, 11) is 0. The van der Waals surface area contributed by atoms with Crippen LogP contribution in [0.15, 0.2) is 23.5 Å². The smallest absolute Gasteiger partial charge is 0.232 e. The number of nitroso groups, excluding NO2 is 1. The second kappa shape index (κ2) is 2.30. The molecule has 0 spiro atoms. The second-order valence-electron chi connectivity index (χ2n) is 1.40. The van der Waals surface area contributed by atoms with Crippen LogP contribution in [0.5, 0.6) is 0 Å². The van der Waals surface area contributed by atoms with Crippen molar-refractivity contribution in [3.63, 3.8) is 0 Å². The lowest BCUT2D eigenvalue weighted by molar-refractivity contribution is 0.624. The Kier molecular flexibility index (Phi) is 1.48. The van der Waals surface area contributed by atoms with Crippen LogP contribution in [0.2, 0.25) is 0 Å². The molecule has 4 heteroatoms. The molecule has 0 atom stereocenters. The van der Waals surface area contributed by atoms with Crippen LogP contribution in [0, 0.1) is 10.7 Å². The lowest BCUT2D eigenvalue weighted by Gasteiger charge is -1.86. The fourth-order valence-corrected chi connectivity index (χ4v) is 0.445. The Morgan fingerprint density at radius 2 is 2.44 bits per heavy atom. The van der Waals surface area contributed by atoms with Crippen LogP contribution in [0.25, 0.3) is 0 Å². The predicted octanol–water partition coefficient (Wildman–Crippen LogP) is 1.62. The topological polar surface area (TPSA) is 42.3 Å². The van der Waals surface area contributed by atoms with E-state index in [0.29, 0.717) is 0 Å². The van der Waals surface area contributed by atoms with Gasteiger partial charge >= 0.3 is 0 Å². The molecule has 1 aromatic rings. The Labute approximate surface area is 50.5 Å². The molecule has 3 nitrogen and oxygen atoms in total. The number of pyridine rings is 1. The van der Waals surface area contributed by atoms with E-state index in [1.54, 1.807) is 0 Å². The molecule has 1 heterocycles. The Morgan fingerprint density at radius 1 is 1.67 bits per heavy atom. The minimum absolute atomic E-state index is 0.391. The zero-order valence-corrected chi connectivity index (χ0v) is 4.41. The molecule has 46 valence electrons. The van der Waals surface area contributed by atoms with Crippen molar-refractivity contribution >= 4 is 5.82 Å². The summed E-state index contributed by atoms with van der Waals surface area (Å²) in [5.74, 6) is -1.08. The molecule has 1 rings (SSSR count). The third kappa shape index (κ3) is 1.07. The number of nitrogens with zero attached hydrogens (tertiary/aromatic N) is 2. The Hall–Kier alpha value is -1.32. The van der Waals surface area contributed by atoms with Crippen LogP contribution >= 0.6 is 0 Å². The van der Waals surface area contributed by atoms with E-state index < -0.39 is 11.6 Å². The second-order valence-corrected chi connectivity index (χ2v) is 1.40. The fourth-order valence-electron chi connectivity index (χ4n) is 0.445. The molecule has 0 fully saturated rings. The van der Waals surface area contributed by atoms with Gasteiger partial charge in [0.25, 0.3) is 0 Å². The zero-order valence-electron chi connectivity index (χ0n) is 4.41. The highest BCUT2D eigenvalue weighted by molar-refractivity contribution is 5.26. The van der Waals surface area contributed by atoms with Gasteiger partial charge in [0.15, 0.2) is 5.82 Å². The standard InChI is InChI=1S/C5H3FN2O/c6-4-2-1-3-7-5(4)8-9/h1-3H. The highest BCUT2D eigenvalue weighted by atomic mass is 19.1. The van der Waals surface area contributed by atoms with Gasteiger partial charge in [0, 0.05) is 6.20 Å². The van der Waals surface area contributed by atoms with E-state index in [9.17, 15) is 9.30 Å². The van der Waals surface area contributed by atoms with Crippen LogP contribution < -0.4 is 0 Å². The highest BCUT2D eigenvalue weighted by Gasteiger charge is 1.98. The average molecular weight is 126 g/mol. The maximum atomic E-state index is 12.2. The Balaban J connectivity index is 3.15. The highest BCUT2D eigenvalue weighted by Crippen LogP contribution is 2.10.